The number of carbonyl (C=O) groups is 1. The Morgan fingerprint density at radius 1 is 1.29 bits per heavy atom. The summed E-state index contributed by atoms with van der Waals surface area (Å²) in [6.45, 7) is 8.31. The second-order valence-corrected chi connectivity index (χ2v) is 6.31. The highest BCUT2D eigenvalue weighted by atomic mass is 32.1. The number of ether oxygens (including phenoxy) is 1. The van der Waals surface area contributed by atoms with Crippen molar-refractivity contribution in [2.45, 2.75) is 40.3 Å². The highest BCUT2D eigenvalue weighted by molar-refractivity contribution is 7.09. The first-order valence-electron chi connectivity index (χ1n) is 6.90. The lowest BCUT2D eigenvalue weighted by Gasteiger charge is -2.07. The van der Waals surface area contributed by atoms with Crippen molar-refractivity contribution in [3.05, 3.63) is 45.4 Å². The maximum absolute atomic E-state index is 11.8. The number of aryl methyl sites for hydroxylation is 2. The molecule has 1 N–H and O–H groups in total. The van der Waals surface area contributed by atoms with Gasteiger partial charge in [0.25, 0.3) is 5.91 Å². The molecule has 0 fully saturated rings. The zero-order valence-electron chi connectivity index (χ0n) is 12.8. The molecular weight excluding hydrogens is 284 g/mol. The number of aromatic nitrogens is 1. The van der Waals surface area contributed by atoms with Gasteiger partial charge in [-0.3, -0.25) is 4.79 Å². The number of nitrogens with one attached hydrogen (secondary N) is 1. The van der Waals surface area contributed by atoms with Crippen molar-refractivity contribution >= 4 is 17.2 Å². The molecule has 0 spiro atoms. The molecule has 4 nitrogen and oxygen atoms in total. The molecule has 0 bridgehead atoms. The summed E-state index contributed by atoms with van der Waals surface area (Å²) in [5, 5.41) is 5.38. The molecule has 0 unspecified atom stereocenters. The fourth-order valence-electron chi connectivity index (χ4n) is 1.98. The molecule has 1 aromatic carbocycles. The summed E-state index contributed by atoms with van der Waals surface area (Å²) in [6, 6.07) is 6.19. The summed E-state index contributed by atoms with van der Waals surface area (Å²) in [4.78, 5) is 16.1. The van der Waals surface area contributed by atoms with Gasteiger partial charge in [0.2, 0.25) is 0 Å². The lowest BCUT2D eigenvalue weighted by Crippen LogP contribution is -2.30. The Hall–Kier alpha value is -1.88. The molecule has 112 valence electrons. The second-order valence-electron chi connectivity index (χ2n) is 5.37. The average molecular weight is 304 g/mol. The quantitative estimate of drug-likeness (QED) is 0.920. The monoisotopic (exact) mass is 304 g/mol. The van der Waals surface area contributed by atoms with E-state index in [-0.39, 0.29) is 11.9 Å². The summed E-state index contributed by atoms with van der Waals surface area (Å²) in [5.74, 6) is 0.690. The molecular formula is C16H20N2O2S. The average Bonchev–Trinajstić information content (AvgIpc) is 2.83. The standard InChI is InChI=1S/C16H20N2O2S/c1-10(2)17-16(19)14-9-21-15(18-14)8-20-13-6-11(3)5-12(4)7-13/h5-7,9-10H,8H2,1-4H3,(H,17,19). The van der Waals surface area contributed by atoms with E-state index in [9.17, 15) is 4.79 Å². The molecule has 1 amide bonds. The number of hydrogen-bond acceptors (Lipinski definition) is 4. The van der Waals surface area contributed by atoms with E-state index in [0.717, 1.165) is 10.8 Å². The fourth-order valence-corrected chi connectivity index (χ4v) is 2.66. The van der Waals surface area contributed by atoms with Crippen LogP contribution in [0.3, 0.4) is 0 Å². The Morgan fingerprint density at radius 2 is 1.95 bits per heavy atom. The van der Waals surface area contributed by atoms with Gasteiger partial charge in [0, 0.05) is 11.4 Å². The van der Waals surface area contributed by atoms with Crippen LogP contribution in [0, 0.1) is 13.8 Å². The smallest absolute Gasteiger partial charge is 0.270 e. The van der Waals surface area contributed by atoms with Gasteiger partial charge in [-0.15, -0.1) is 11.3 Å². The van der Waals surface area contributed by atoms with Crippen molar-refractivity contribution in [3.8, 4) is 5.75 Å². The zero-order valence-corrected chi connectivity index (χ0v) is 13.6. The van der Waals surface area contributed by atoms with Crippen LogP contribution >= 0.6 is 11.3 Å². The third-order valence-corrected chi connectivity index (χ3v) is 3.58. The molecule has 21 heavy (non-hydrogen) atoms. The maximum Gasteiger partial charge on any atom is 0.270 e. The van der Waals surface area contributed by atoms with Gasteiger partial charge >= 0.3 is 0 Å². The van der Waals surface area contributed by atoms with E-state index < -0.39 is 0 Å². The molecule has 0 saturated carbocycles. The Kier molecular flexibility index (Phi) is 4.96. The molecule has 5 heteroatoms. The first kappa shape index (κ1) is 15.5. The molecule has 2 aromatic rings. The topological polar surface area (TPSA) is 51.2 Å². The van der Waals surface area contributed by atoms with Crippen molar-refractivity contribution in [2.24, 2.45) is 0 Å². The van der Waals surface area contributed by atoms with E-state index in [0.29, 0.717) is 12.3 Å². The van der Waals surface area contributed by atoms with E-state index in [1.54, 1.807) is 5.38 Å². The van der Waals surface area contributed by atoms with Crippen LogP contribution in [-0.2, 0) is 6.61 Å². The van der Waals surface area contributed by atoms with Crippen molar-refractivity contribution in [1.82, 2.24) is 10.3 Å². The maximum atomic E-state index is 11.8. The molecule has 0 saturated heterocycles. The molecule has 1 heterocycles. The van der Waals surface area contributed by atoms with Gasteiger partial charge < -0.3 is 10.1 Å². The molecule has 0 radical (unpaired) electrons. The van der Waals surface area contributed by atoms with Crippen LogP contribution in [-0.4, -0.2) is 16.9 Å². The number of carbonyl (C=O) groups excluding carboxylic acids is 1. The van der Waals surface area contributed by atoms with E-state index >= 15 is 0 Å². The molecule has 0 aliphatic heterocycles. The number of benzene rings is 1. The predicted octanol–water partition coefficient (Wildman–Crippen LogP) is 3.48. The minimum Gasteiger partial charge on any atom is -0.486 e. The fraction of sp³-hybridized carbons (Fsp3) is 0.375. The normalized spacial score (nSPS) is 10.7. The van der Waals surface area contributed by atoms with E-state index in [1.807, 2.05) is 39.8 Å². The number of hydrogen-bond donors (Lipinski definition) is 1. The predicted molar refractivity (Wildman–Crippen MR) is 85.0 cm³/mol. The van der Waals surface area contributed by atoms with E-state index in [2.05, 4.69) is 16.4 Å². The number of nitrogens with zero attached hydrogens (tertiary/aromatic N) is 1. The van der Waals surface area contributed by atoms with Crippen LogP contribution in [0.5, 0.6) is 5.75 Å². The highest BCUT2D eigenvalue weighted by Gasteiger charge is 2.11. The highest BCUT2D eigenvalue weighted by Crippen LogP contribution is 2.19. The summed E-state index contributed by atoms with van der Waals surface area (Å²) in [5.41, 5.74) is 2.79. The van der Waals surface area contributed by atoms with E-state index in [4.69, 9.17) is 4.74 Å². The van der Waals surface area contributed by atoms with Crippen molar-refractivity contribution in [3.63, 3.8) is 0 Å². The molecule has 0 atom stereocenters. The zero-order chi connectivity index (χ0) is 15.4. The van der Waals surface area contributed by atoms with E-state index in [1.165, 1.54) is 22.5 Å². The third kappa shape index (κ3) is 4.56. The molecule has 1 aromatic heterocycles. The number of thiazole rings is 1. The lowest BCUT2D eigenvalue weighted by atomic mass is 10.1. The van der Waals surface area contributed by atoms with Crippen molar-refractivity contribution in [1.29, 1.82) is 0 Å². The third-order valence-electron chi connectivity index (χ3n) is 2.76. The Morgan fingerprint density at radius 3 is 2.57 bits per heavy atom. The van der Waals surface area contributed by atoms with Crippen LogP contribution in [0.1, 0.15) is 40.5 Å². The summed E-state index contributed by atoms with van der Waals surface area (Å²) in [7, 11) is 0. The Balaban J connectivity index is 1.98. The second kappa shape index (κ2) is 6.72. The van der Waals surface area contributed by atoms with Gasteiger partial charge in [-0.1, -0.05) is 6.07 Å². The summed E-state index contributed by atoms with van der Waals surface area (Å²) >= 11 is 1.44. The first-order valence-corrected chi connectivity index (χ1v) is 7.78. The van der Waals surface area contributed by atoms with Crippen molar-refractivity contribution in [2.75, 3.05) is 0 Å². The van der Waals surface area contributed by atoms with Gasteiger partial charge in [-0.05, 0) is 51.0 Å². The molecule has 0 aliphatic rings. The van der Waals surface area contributed by atoms with Gasteiger partial charge in [0.1, 0.15) is 23.1 Å². The van der Waals surface area contributed by atoms with Gasteiger partial charge in [-0.2, -0.15) is 0 Å². The first-order chi connectivity index (χ1) is 9.94. The molecule has 0 aliphatic carbocycles. The SMILES string of the molecule is Cc1cc(C)cc(OCc2nc(C(=O)NC(C)C)cs2)c1. The summed E-state index contributed by atoms with van der Waals surface area (Å²) in [6.07, 6.45) is 0. The molecule has 2 rings (SSSR count). The minimum atomic E-state index is -0.140. The van der Waals surface area contributed by atoms with Crippen LogP contribution in [0.2, 0.25) is 0 Å². The van der Waals surface area contributed by atoms with Crippen molar-refractivity contribution < 1.29 is 9.53 Å². The Labute approximate surface area is 129 Å². The minimum absolute atomic E-state index is 0.106. The van der Waals surface area contributed by atoms with Crippen LogP contribution < -0.4 is 10.1 Å². The number of rotatable bonds is 5. The van der Waals surface area contributed by atoms with Crippen LogP contribution in [0.25, 0.3) is 0 Å². The van der Waals surface area contributed by atoms with Gasteiger partial charge in [0.15, 0.2) is 0 Å². The largest absolute Gasteiger partial charge is 0.486 e. The summed E-state index contributed by atoms with van der Waals surface area (Å²) < 4.78 is 5.74. The van der Waals surface area contributed by atoms with Crippen LogP contribution in [0.4, 0.5) is 0 Å². The van der Waals surface area contributed by atoms with Gasteiger partial charge in [-0.25, -0.2) is 4.98 Å². The number of amides is 1. The Bertz CT molecular complexity index is 615. The van der Waals surface area contributed by atoms with Crippen LogP contribution in [0.15, 0.2) is 23.6 Å². The van der Waals surface area contributed by atoms with Gasteiger partial charge in [0.05, 0.1) is 0 Å². The lowest BCUT2D eigenvalue weighted by molar-refractivity contribution is 0.0938.